The van der Waals surface area contributed by atoms with Crippen molar-refractivity contribution < 1.29 is 9.59 Å². The molecular weight excluding hydrogens is 184 g/mol. The van der Waals surface area contributed by atoms with Crippen molar-refractivity contribution in [3.8, 4) is 0 Å². The third-order valence-electron chi connectivity index (χ3n) is 0.644. The SMILES string of the molecule is C.C.CC(=O)CN.CC(=O)CN=[N+]=[N-]. The summed E-state index contributed by atoms with van der Waals surface area (Å²) < 4.78 is 0. The van der Waals surface area contributed by atoms with Gasteiger partial charge in [-0.1, -0.05) is 20.0 Å². The van der Waals surface area contributed by atoms with Crippen LogP contribution in [0.25, 0.3) is 10.4 Å². The fourth-order valence-electron chi connectivity index (χ4n) is 0.131. The molecule has 14 heavy (non-hydrogen) atoms. The molecule has 0 spiro atoms. The summed E-state index contributed by atoms with van der Waals surface area (Å²) >= 11 is 0. The molecule has 84 valence electrons. The number of nitrogens with zero attached hydrogens (tertiary/aromatic N) is 3. The van der Waals surface area contributed by atoms with Crippen LogP contribution in [0.4, 0.5) is 0 Å². The molecule has 0 saturated carbocycles. The van der Waals surface area contributed by atoms with Gasteiger partial charge in [-0.15, -0.1) is 0 Å². The maximum absolute atomic E-state index is 9.94. The molecule has 0 aliphatic carbocycles. The molecule has 6 heteroatoms. The van der Waals surface area contributed by atoms with Crippen LogP contribution in [0.3, 0.4) is 0 Å². The second-order valence-electron chi connectivity index (χ2n) is 2.00. The third-order valence-corrected chi connectivity index (χ3v) is 0.644. The normalized spacial score (nSPS) is 6.21. The molecule has 0 aromatic heterocycles. The Balaban J connectivity index is -0.0000000651. The lowest BCUT2D eigenvalue weighted by molar-refractivity contribution is -0.116. The minimum absolute atomic E-state index is 0. The summed E-state index contributed by atoms with van der Waals surface area (Å²) in [5, 5.41) is 3.00. The molecule has 0 aliphatic heterocycles. The molecule has 6 nitrogen and oxygen atoms in total. The molecule has 0 amide bonds. The first-order valence-electron chi connectivity index (χ1n) is 3.24. The van der Waals surface area contributed by atoms with Crippen LogP contribution in [-0.4, -0.2) is 24.7 Å². The number of ketones is 2. The van der Waals surface area contributed by atoms with Gasteiger partial charge >= 0.3 is 0 Å². The first-order valence-corrected chi connectivity index (χ1v) is 3.24. The van der Waals surface area contributed by atoms with Crippen LogP contribution in [0, 0.1) is 0 Å². The summed E-state index contributed by atoms with van der Waals surface area (Å²) in [4.78, 5) is 22.0. The summed E-state index contributed by atoms with van der Waals surface area (Å²) in [7, 11) is 0. The fraction of sp³-hybridized carbons (Fsp3) is 0.750. The number of hydrogen-bond acceptors (Lipinski definition) is 4. The van der Waals surface area contributed by atoms with E-state index in [1.807, 2.05) is 0 Å². The van der Waals surface area contributed by atoms with Gasteiger partial charge in [0.2, 0.25) is 0 Å². The van der Waals surface area contributed by atoms with Crippen molar-refractivity contribution in [2.45, 2.75) is 28.7 Å². The second kappa shape index (κ2) is 17.6. The van der Waals surface area contributed by atoms with Crippen LogP contribution in [0.2, 0.25) is 0 Å². The first-order chi connectivity index (χ1) is 5.54. The Morgan fingerprint density at radius 1 is 1.29 bits per heavy atom. The molecule has 2 N–H and O–H groups in total. The Kier molecular flexibility index (Phi) is 28.9. The van der Waals surface area contributed by atoms with Crippen molar-refractivity contribution >= 4 is 11.6 Å². The molecule has 0 saturated heterocycles. The number of rotatable bonds is 3. The molecule has 0 atom stereocenters. The predicted octanol–water partition coefficient (Wildman–Crippen LogP) is 1.69. The van der Waals surface area contributed by atoms with Crippen LogP contribution in [0.1, 0.15) is 28.7 Å². The van der Waals surface area contributed by atoms with Gasteiger partial charge in [-0.25, -0.2) is 0 Å². The van der Waals surface area contributed by atoms with Crippen LogP contribution in [0.5, 0.6) is 0 Å². The molecule has 0 aliphatic rings. The fourth-order valence-corrected chi connectivity index (χ4v) is 0.131. The van der Waals surface area contributed by atoms with Gasteiger partial charge in [0.25, 0.3) is 0 Å². The third kappa shape index (κ3) is 46.1. The molecule has 0 radical (unpaired) electrons. The van der Waals surface area contributed by atoms with Crippen LogP contribution < -0.4 is 5.73 Å². The summed E-state index contributed by atoms with van der Waals surface area (Å²) in [5.74, 6) is -0.0807. The monoisotopic (exact) mass is 204 g/mol. The second-order valence-corrected chi connectivity index (χ2v) is 2.00. The van der Waals surface area contributed by atoms with Gasteiger partial charge in [0, 0.05) is 4.91 Å². The highest BCUT2D eigenvalue weighted by atomic mass is 16.1. The Morgan fingerprint density at radius 2 is 1.64 bits per heavy atom. The number of azide groups is 1. The lowest BCUT2D eigenvalue weighted by Crippen LogP contribution is -2.07. The van der Waals surface area contributed by atoms with E-state index in [9.17, 15) is 9.59 Å². The van der Waals surface area contributed by atoms with E-state index in [-0.39, 0.29) is 39.5 Å². The van der Waals surface area contributed by atoms with E-state index >= 15 is 0 Å². The quantitative estimate of drug-likeness (QED) is 0.429. The van der Waals surface area contributed by atoms with E-state index in [0.29, 0.717) is 0 Å². The van der Waals surface area contributed by atoms with E-state index in [2.05, 4.69) is 10.0 Å². The van der Waals surface area contributed by atoms with Crippen molar-refractivity contribution in [1.29, 1.82) is 0 Å². The molecule has 0 aromatic carbocycles. The highest BCUT2D eigenvalue weighted by molar-refractivity contribution is 5.77. The number of carbonyl (C=O) groups is 2. The average Bonchev–Trinajstić information content (AvgIpc) is 2.02. The summed E-state index contributed by atoms with van der Waals surface area (Å²) in [6.45, 7) is 2.96. The Bertz CT molecular complexity index is 198. The number of carbonyl (C=O) groups excluding carboxylic acids is 2. The van der Waals surface area contributed by atoms with Crippen molar-refractivity contribution in [2.24, 2.45) is 10.8 Å². The van der Waals surface area contributed by atoms with Crippen LogP contribution >= 0.6 is 0 Å². The van der Waals surface area contributed by atoms with Crippen LogP contribution in [-0.2, 0) is 9.59 Å². The van der Waals surface area contributed by atoms with Gasteiger partial charge in [-0.2, -0.15) is 0 Å². The van der Waals surface area contributed by atoms with Gasteiger partial charge in [0.05, 0.1) is 13.1 Å². The molecule has 0 rings (SSSR count). The minimum atomic E-state index is -0.113. The van der Waals surface area contributed by atoms with Crippen molar-refractivity contribution in [3.05, 3.63) is 10.4 Å². The van der Waals surface area contributed by atoms with Gasteiger partial charge in [0.1, 0.15) is 11.6 Å². The van der Waals surface area contributed by atoms with Gasteiger partial charge in [-0.05, 0) is 19.4 Å². The maximum Gasteiger partial charge on any atom is 0.143 e. The molecule has 0 unspecified atom stereocenters. The standard InChI is InChI=1S/C3H5N3O.C3H7NO.2CH4/c1-3(7)2-5-6-4;1-3(5)2-4;;/h2H2,1H3;2,4H2,1H3;2*1H4. The van der Waals surface area contributed by atoms with E-state index in [1.165, 1.54) is 13.8 Å². The average molecular weight is 204 g/mol. The highest BCUT2D eigenvalue weighted by Gasteiger charge is 1.82. The Labute approximate surface area is 85.1 Å². The zero-order valence-electron chi connectivity index (χ0n) is 7.15. The molecule has 0 aromatic rings. The Hall–Kier alpha value is -1.39. The smallest absolute Gasteiger partial charge is 0.143 e. The summed E-state index contributed by atoms with van der Waals surface area (Å²) in [6, 6.07) is 0. The topological polar surface area (TPSA) is 109 Å². The lowest BCUT2D eigenvalue weighted by atomic mass is 10.5. The minimum Gasteiger partial charge on any atom is -0.324 e. The summed E-state index contributed by atoms with van der Waals surface area (Å²) in [6.07, 6.45) is 0. The van der Waals surface area contributed by atoms with E-state index in [1.54, 1.807) is 0 Å². The van der Waals surface area contributed by atoms with E-state index < -0.39 is 0 Å². The zero-order chi connectivity index (χ0) is 9.98. The molecular formula is C8H20N4O2. The van der Waals surface area contributed by atoms with Crippen molar-refractivity contribution in [1.82, 2.24) is 0 Å². The first kappa shape index (κ1) is 22.9. The largest absolute Gasteiger partial charge is 0.324 e. The number of nitrogens with two attached hydrogens (primary N) is 1. The van der Waals surface area contributed by atoms with E-state index in [4.69, 9.17) is 11.3 Å². The Morgan fingerprint density at radius 3 is 1.71 bits per heavy atom. The van der Waals surface area contributed by atoms with Crippen LogP contribution in [0.15, 0.2) is 5.11 Å². The summed E-state index contributed by atoms with van der Waals surface area (Å²) in [5.41, 5.74) is 12.4. The predicted molar refractivity (Wildman–Crippen MR) is 57.9 cm³/mol. The number of Topliss-reactive ketones (excluding diaryl/α,β-unsaturated/α-hetero) is 2. The highest BCUT2D eigenvalue weighted by Crippen LogP contribution is 1.70. The maximum atomic E-state index is 9.94. The molecule has 0 bridgehead atoms. The van der Waals surface area contributed by atoms with Crippen molar-refractivity contribution in [2.75, 3.05) is 13.1 Å². The van der Waals surface area contributed by atoms with Gasteiger partial charge < -0.3 is 5.73 Å². The van der Waals surface area contributed by atoms with E-state index in [0.717, 1.165) is 0 Å². The van der Waals surface area contributed by atoms with Crippen molar-refractivity contribution in [3.63, 3.8) is 0 Å². The molecule has 0 heterocycles. The number of hydrogen-bond donors (Lipinski definition) is 1. The zero-order valence-corrected chi connectivity index (χ0v) is 7.15. The molecule has 0 fully saturated rings. The lowest BCUT2D eigenvalue weighted by Gasteiger charge is -1.74. The van der Waals surface area contributed by atoms with Gasteiger partial charge in [0.15, 0.2) is 0 Å². The van der Waals surface area contributed by atoms with Gasteiger partial charge in [-0.3, -0.25) is 9.59 Å².